The molecule has 2 amide bonds. The maximum absolute atomic E-state index is 11.8. The molecule has 0 unspecified atom stereocenters. The molecular formula is C19H16N2O3S. The van der Waals surface area contributed by atoms with E-state index >= 15 is 0 Å². The minimum atomic E-state index is -0.439. The second-order valence-corrected chi connectivity index (χ2v) is 6.13. The monoisotopic (exact) mass is 352 g/mol. The molecule has 5 nitrogen and oxygen atoms in total. The normalized spacial score (nSPS) is 10.7. The smallest absolute Gasteiger partial charge is 0.276 e. The summed E-state index contributed by atoms with van der Waals surface area (Å²) >= 11 is 1.52. The Hall–Kier alpha value is -3.12. The van der Waals surface area contributed by atoms with E-state index in [0.29, 0.717) is 5.75 Å². The highest BCUT2D eigenvalue weighted by molar-refractivity contribution is 7.10. The van der Waals surface area contributed by atoms with Crippen molar-refractivity contribution in [3.63, 3.8) is 0 Å². The first-order chi connectivity index (χ1) is 12.2. The molecule has 0 aliphatic carbocycles. The van der Waals surface area contributed by atoms with E-state index in [2.05, 4.69) is 10.9 Å². The summed E-state index contributed by atoms with van der Waals surface area (Å²) in [6.45, 7) is -0.192. The molecule has 126 valence electrons. The van der Waals surface area contributed by atoms with Gasteiger partial charge in [-0.3, -0.25) is 20.4 Å². The molecule has 1 aromatic heterocycles. The Morgan fingerprint density at radius 3 is 2.68 bits per heavy atom. The number of carbonyl (C=O) groups excluding carboxylic acids is 2. The second-order valence-electron chi connectivity index (χ2n) is 5.15. The van der Waals surface area contributed by atoms with Gasteiger partial charge >= 0.3 is 0 Å². The van der Waals surface area contributed by atoms with Crippen LogP contribution in [0.15, 0.2) is 66.1 Å². The third kappa shape index (κ3) is 4.68. The van der Waals surface area contributed by atoms with Crippen LogP contribution in [0.25, 0.3) is 16.8 Å². The zero-order valence-corrected chi connectivity index (χ0v) is 14.1. The predicted molar refractivity (Wildman–Crippen MR) is 99.1 cm³/mol. The zero-order valence-electron chi connectivity index (χ0n) is 13.3. The van der Waals surface area contributed by atoms with Crippen LogP contribution < -0.4 is 15.6 Å². The fraction of sp³-hybridized carbons (Fsp3) is 0.0526. The molecule has 0 saturated heterocycles. The summed E-state index contributed by atoms with van der Waals surface area (Å²) in [6.07, 6.45) is 3.04. The van der Waals surface area contributed by atoms with Crippen molar-refractivity contribution in [1.29, 1.82) is 0 Å². The minimum absolute atomic E-state index is 0.192. The van der Waals surface area contributed by atoms with E-state index in [1.807, 2.05) is 53.9 Å². The van der Waals surface area contributed by atoms with E-state index in [1.165, 1.54) is 17.4 Å². The summed E-state index contributed by atoms with van der Waals surface area (Å²) in [6, 6.07) is 17.2. The number of fused-ring (bicyclic) bond motifs is 1. The molecule has 0 aliphatic rings. The Morgan fingerprint density at radius 1 is 1.00 bits per heavy atom. The first-order valence-corrected chi connectivity index (χ1v) is 8.51. The fourth-order valence-electron chi connectivity index (χ4n) is 2.22. The van der Waals surface area contributed by atoms with E-state index in [-0.39, 0.29) is 6.61 Å². The molecule has 3 aromatic rings. The van der Waals surface area contributed by atoms with Crippen molar-refractivity contribution in [3.05, 3.63) is 70.9 Å². The summed E-state index contributed by atoms with van der Waals surface area (Å²) < 4.78 is 5.55. The number of benzene rings is 2. The van der Waals surface area contributed by atoms with E-state index < -0.39 is 11.8 Å². The molecule has 0 spiro atoms. The summed E-state index contributed by atoms with van der Waals surface area (Å²) in [7, 11) is 0. The van der Waals surface area contributed by atoms with Gasteiger partial charge in [0.15, 0.2) is 6.61 Å². The van der Waals surface area contributed by atoms with Gasteiger partial charge in [-0.2, -0.15) is 0 Å². The van der Waals surface area contributed by atoms with E-state index in [4.69, 9.17) is 4.74 Å². The molecular weight excluding hydrogens is 336 g/mol. The highest BCUT2D eigenvalue weighted by Gasteiger charge is 2.06. The SMILES string of the molecule is O=C(/C=C/c1cccs1)NNC(=O)COc1cccc2ccccc12. The molecule has 1 heterocycles. The van der Waals surface area contributed by atoms with Gasteiger partial charge in [0.1, 0.15) is 5.75 Å². The van der Waals surface area contributed by atoms with Gasteiger partial charge in [0.2, 0.25) is 0 Å². The molecule has 3 rings (SSSR count). The fourth-order valence-corrected chi connectivity index (χ4v) is 2.84. The summed E-state index contributed by atoms with van der Waals surface area (Å²) in [5.74, 6) is -0.227. The van der Waals surface area contributed by atoms with Crippen molar-refractivity contribution in [1.82, 2.24) is 10.9 Å². The molecule has 25 heavy (non-hydrogen) atoms. The van der Waals surface area contributed by atoms with E-state index in [0.717, 1.165) is 15.6 Å². The van der Waals surface area contributed by atoms with Gasteiger partial charge in [0.25, 0.3) is 11.8 Å². The maximum Gasteiger partial charge on any atom is 0.276 e. The molecule has 0 bridgehead atoms. The third-order valence-corrected chi connectivity index (χ3v) is 4.21. The highest BCUT2D eigenvalue weighted by atomic mass is 32.1. The topological polar surface area (TPSA) is 67.4 Å². The lowest BCUT2D eigenvalue weighted by Crippen LogP contribution is -2.43. The lowest BCUT2D eigenvalue weighted by Gasteiger charge is -2.09. The molecule has 2 aromatic carbocycles. The van der Waals surface area contributed by atoms with Crippen molar-refractivity contribution in [2.24, 2.45) is 0 Å². The number of rotatable bonds is 5. The average Bonchev–Trinajstić information content (AvgIpc) is 3.16. The van der Waals surface area contributed by atoms with Gasteiger partial charge in [-0.1, -0.05) is 42.5 Å². The lowest BCUT2D eigenvalue weighted by molar-refractivity contribution is -0.128. The number of amides is 2. The Bertz CT molecular complexity index is 899. The van der Waals surface area contributed by atoms with Crippen LogP contribution in [0.5, 0.6) is 5.75 Å². The molecule has 0 aliphatic heterocycles. The molecule has 2 N–H and O–H groups in total. The van der Waals surface area contributed by atoms with Crippen molar-refractivity contribution in [2.75, 3.05) is 6.61 Å². The minimum Gasteiger partial charge on any atom is -0.483 e. The summed E-state index contributed by atoms with van der Waals surface area (Å²) in [5.41, 5.74) is 4.64. The van der Waals surface area contributed by atoms with Gasteiger partial charge in [-0.25, -0.2) is 0 Å². The summed E-state index contributed by atoms with van der Waals surface area (Å²) in [4.78, 5) is 24.4. The quantitative estimate of drug-likeness (QED) is 0.548. The van der Waals surface area contributed by atoms with Crippen molar-refractivity contribution in [3.8, 4) is 5.75 Å². The number of carbonyl (C=O) groups is 2. The zero-order chi connectivity index (χ0) is 17.5. The standard InChI is InChI=1S/C19H16N2O3S/c22-18(11-10-15-7-4-12-25-15)20-21-19(23)13-24-17-9-3-6-14-5-1-2-8-16(14)17/h1-12H,13H2,(H,20,22)(H,21,23)/b11-10+. The number of ether oxygens (including phenoxy) is 1. The van der Waals surface area contributed by atoms with Crippen LogP contribution >= 0.6 is 11.3 Å². The summed E-state index contributed by atoms with van der Waals surface area (Å²) in [5, 5.41) is 3.89. The molecule has 6 heteroatoms. The van der Waals surface area contributed by atoms with Gasteiger partial charge < -0.3 is 4.74 Å². The predicted octanol–water partition coefficient (Wildman–Crippen LogP) is 3.14. The number of hydrogen-bond acceptors (Lipinski definition) is 4. The van der Waals surface area contributed by atoms with Crippen LogP contribution in [-0.2, 0) is 9.59 Å². The van der Waals surface area contributed by atoms with Crippen LogP contribution in [0.2, 0.25) is 0 Å². The highest BCUT2D eigenvalue weighted by Crippen LogP contribution is 2.24. The van der Waals surface area contributed by atoms with E-state index in [9.17, 15) is 9.59 Å². The molecule has 0 fully saturated rings. The number of nitrogens with one attached hydrogen (secondary N) is 2. The Kier molecular flexibility index (Phi) is 5.43. The van der Waals surface area contributed by atoms with Gasteiger partial charge in [0.05, 0.1) is 0 Å². The van der Waals surface area contributed by atoms with Crippen LogP contribution in [0, 0.1) is 0 Å². The second kappa shape index (κ2) is 8.12. The number of thiophene rings is 1. The Balaban J connectivity index is 1.48. The van der Waals surface area contributed by atoms with Crippen molar-refractivity contribution < 1.29 is 14.3 Å². The van der Waals surface area contributed by atoms with E-state index in [1.54, 1.807) is 12.1 Å². The largest absolute Gasteiger partial charge is 0.483 e. The molecule has 0 atom stereocenters. The lowest BCUT2D eigenvalue weighted by atomic mass is 10.1. The molecule has 0 radical (unpaired) electrons. The Labute approximate surface area is 148 Å². The van der Waals surface area contributed by atoms with Crippen LogP contribution in [0.4, 0.5) is 0 Å². The Morgan fingerprint density at radius 2 is 1.84 bits per heavy atom. The third-order valence-electron chi connectivity index (χ3n) is 3.38. The maximum atomic E-state index is 11.8. The van der Waals surface area contributed by atoms with Crippen LogP contribution in [0.1, 0.15) is 4.88 Å². The van der Waals surface area contributed by atoms with Crippen LogP contribution in [-0.4, -0.2) is 18.4 Å². The van der Waals surface area contributed by atoms with Gasteiger partial charge in [-0.15, -0.1) is 11.3 Å². The first kappa shape index (κ1) is 16.7. The average molecular weight is 352 g/mol. The first-order valence-electron chi connectivity index (χ1n) is 7.63. The number of hydrogen-bond donors (Lipinski definition) is 2. The molecule has 0 saturated carbocycles. The van der Waals surface area contributed by atoms with Crippen molar-refractivity contribution >= 4 is 40.0 Å². The van der Waals surface area contributed by atoms with Gasteiger partial charge in [-0.05, 0) is 29.0 Å². The number of hydrazine groups is 1. The van der Waals surface area contributed by atoms with Crippen molar-refractivity contribution in [2.45, 2.75) is 0 Å². The van der Waals surface area contributed by atoms with Gasteiger partial charge in [0, 0.05) is 16.3 Å². The van der Waals surface area contributed by atoms with Crippen LogP contribution in [0.3, 0.4) is 0 Å².